The van der Waals surface area contributed by atoms with Crippen molar-refractivity contribution in [3.63, 3.8) is 0 Å². The summed E-state index contributed by atoms with van der Waals surface area (Å²) >= 11 is 0. The molecule has 0 fully saturated rings. The number of nitrogen functional groups attached to an aromatic ring is 1. The smallest absolute Gasteiger partial charge is 0.360 e. The molecule has 0 atom stereocenters. The van der Waals surface area contributed by atoms with Gasteiger partial charge in [-0.3, -0.25) is 4.68 Å². The number of methoxy groups -OCH3 is 2. The molecule has 0 bridgehead atoms. The molecule has 0 aliphatic rings. The number of anilines is 1. The van der Waals surface area contributed by atoms with Crippen LogP contribution in [0.1, 0.15) is 10.5 Å². The second kappa shape index (κ2) is 6.65. The minimum atomic E-state index is -0.558. The fourth-order valence-electron chi connectivity index (χ4n) is 1.79. The number of nitrogens with zero attached hydrogens (tertiary/aromatic N) is 2. The zero-order valence-corrected chi connectivity index (χ0v) is 11.9. The Kier molecular flexibility index (Phi) is 4.65. The third-order valence-corrected chi connectivity index (χ3v) is 2.82. The fourth-order valence-corrected chi connectivity index (χ4v) is 1.79. The van der Waals surface area contributed by atoms with Crippen molar-refractivity contribution in [1.29, 1.82) is 0 Å². The van der Waals surface area contributed by atoms with Crippen LogP contribution in [-0.4, -0.2) is 36.6 Å². The molecule has 7 heteroatoms. The van der Waals surface area contributed by atoms with Crippen LogP contribution in [0.4, 0.5) is 5.69 Å². The van der Waals surface area contributed by atoms with Crippen molar-refractivity contribution in [2.24, 2.45) is 0 Å². The monoisotopic (exact) mass is 291 g/mol. The largest absolute Gasteiger partial charge is 0.493 e. The fraction of sp³-hybridized carbons (Fsp3) is 0.286. The maximum Gasteiger partial charge on any atom is 0.360 e. The molecule has 0 amide bonds. The predicted octanol–water partition coefficient (Wildman–Crippen LogP) is 1.34. The SMILES string of the molecule is COC(=O)c1nn(CCOc2ccccc2OC)cc1N. The van der Waals surface area contributed by atoms with Gasteiger partial charge in [-0.1, -0.05) is 12.1 Å². The molecule has 7 nitrogen and oxygen atoms in total. The van der Waals surface area contributed by atoms with Gasteiger partial charge < -0.3 is 19.9 Å². The van der Waals surface area contributed by atoms with Gasteiger partial charge in [-0.15, -0.1) is 0 Å². The van der Waals surface area contributed by atoms with Crippen molar-refractivity contribution in [2.45, 2.75) is 6.54 Å². The lowest BCUT2D eigenvalue weighted by molar-refractivity contribution is 0.0594. The highest BCUT2D eigenvalue weighted by atomic mass is 16.5. The van der Waals surface area contributed by atoms with Crippen LogP contribution in [-0.2, 0) is 11.3 Å². The standard InChI is InChI=1S/C14H17N3O4/c1-19-11-5-3-4-6-12(11)21-8-7-17-9-10(15)13(16-17)14(18)20-2/h3-6,9H,7-8,15H2,1-2H3. The molecule has 0 saturated heterocycles. The molecule has 2 aromatic rings. The number of carbonyl (C=O) groups excluding carboxylic acids is 1. The first kappa shape index (κ1) is 14.7. The van der Waals surface area contributed by atoms with Crippen molar-refractivity contribution >= 4 is 11.7 Å². The number of esters is 1. The van der Waals surface area contributed by atoms with E-state index in [1.54, 1.807) is 13.3 Å². The quantitative estimate of drug-likeness (QED) is 0.808. The summed E-state index contributed by atoms with van der Waals surface area (Å²) in [7, 11) is 2.87. The Morgan fingerprint density at radius 2 is 2.00 bits per heavy atom. The van der Waals surface area contributed by atoms with Crippen LogP contribution in [0.25, 0.3) is 0 Å². The third kappa shape index (κ3) is 3.44. The van der Waals surface area contributed by atoms with Gasteiger partial charge in [-0.05, 0) is 12.1 Å². The van der Waals surface area contributed by atoms with Gasteiger partial charge in [-0.25, -0.2) is 4.79 Å². The number of aromatic nitrogens is 2. The predicted molar refractivity (Wildman–Crippen MR) is 76.5 cm³/mol. The molecule has 0 aliphatic carbocycles. The maximum absolute atomic E-state index is 11.4. The van der Waals surface area contributed by atoms with Crippen LogP contribution >= 0.6 is 0 Å². The number of benzene rings is 1. The average Bonchev–Trinajstić information content (AvgIpc) is 2.88. The maximum atomic E-state index is 11.4. The van der Waals surface area contributed by atoms with E-state index < -0.39 is 5.97 Å². The van der Waals surface area contributed by atoms with Crippen molar-refractivity contribution < 1.29 is 19.0 Å². The van der Waals surface area contributed by atoms with E-state index in [4.69, 9.17) is 15.2 Å². The molecule has 1 aromatic carbocycles. The number of hydrogen-bond donors (Lipinski definition) is 1. The first-order valence-corrected chi connectivity index (χ1v) is 6.32. The molecule has 21 heavy (non-hydrogen) atoms. The van der Waals surface area contributed by atoms with Crippen LogP contribution < -0.4 is 15.2 Å². The molecule has 1 heterocycles. The van der Waals surface area contributed by atoms with Gasteiger partial charge >= 0.3 is 5.97 Å². The van der Waals surface area contributed by atoms with E-state index >= 15 is 0 Å². The van der Waals surface area contributed by atoms with Crippen LogP contribution in [0.15, 0.2) is 30.5 Å². The van der Waals surface area contributed by atoms with Crippen LogP contribution in [0.2, 0.25) is 0 Å². The summed E-state index contributed by atoms with van der Waals surface area (Å²) in [5, 5.41) is 4.06. The topological polar surface area (TPSA) is 88.6 Å². The second-order valence-corrected chi connectivity index (χ2v) is 4.19. The van der Waals surface area contributed by atoms with Gasteiger partial charge in [0, 0.05) is 6.20 Å². The van der Waals surface area contributed by atoms with Gasteiger partial charge in [0.25, 0.3) is 0 Å². The Labute approximate surface area is 122 Å². The number of carbonyl (C=O) groups is 1. The summed E-state index contributed by atoms with van der Waals surface area (Å²) in [5.41, 5.74) is 6.08. The minimum absolute atomic E-state index is 0.106. The molecule has 0 radical (unpaired) electrons. The average molecular weight is 291 g/mol. The Morgan fingerprint density at radius 3 is 2.67 bits per heavy atom. The molecule has 2 N–H and O–H groups in total. The zero-order valence-electron chi connectivity index (χ0n) is 11.9. The molecule has 0 spiro atoms. The first-order valence-electron chi connectivity index (χ1n) is 6.32. The highest BCUT2D eigenvalue weighted by Crippen LogP contribution is 2.25. The summed E-state index contributed by atoms with van der Waals surface area (Å²) in [5.74, 6) is 0.748. The van der Waals surface area contributed by atoms with E-state index in [2.05, 4.69) is 9.84 Å². The lowest BCUT2D eigenvalue weighted by Gasteiger charge is -2.10. The number of ether oxygens (including phenoxy) is 3. The van der Waals surface area contributed by atoms with Gasteiger partial charge in [-0.2, -0.15) is 5.10 Å². The van der Waals surface area contributed by atoms with E-state index in [0.717, 1.165) is 0 Å². The van der Waals surface area contributed by atoms with Gasteiger partial charge in [0.1, 0.15) is 6.61 Å². The van der Waals surface area contributed by atoms with E-state index in [1.807, 2.05) is 24.3 Å². The third-order valence-electron chi connectivity index (χ3n) is 2.82. The molecule has 1 aromatic heterocycles. The van der Waals surface area contributed by atoms with E-state index in [9.17, 15) is 4.79 Å². The molecule has 2 rings (SSSR count). The lowest BCUT2D eigenvalue weighted by Crippen LogP contribution is -2.11. The van der Waals surface area contributed by atoms with Crippen molar-refractivity contribution in [2.75, 3.05) is 26.6 Å². The summed E-state index contributed by atoms with van der Waals surface area (Å²) in [6.07, 6.45) is 1.57. The minimum Gasteiger partial charge on any atom is -0.493 e. The summed E-state index contributed by atoms with van der Waals surface area (Å²) in [6, 6.07) is 7.36. The molecular formula is C14H17N3O4. The molecule has 0 saturated carbocycles. The van der Waals surface area contributed by atoms with Gasteiger partial charge in [0.15, 0.2) is 17.2 Å². The van der Waals surface area contributed by atoms with Crippen molar-refractivity contribution in [3.05, 3.63) is 36.2 Å². The van der Waals surface area contributed by atoms with Crippen LogP contribution in [0.5, 0.6) is 11.5 Å². The van der Waals surface area contributed by atoms with Gasteiger partial charge in [0.05, 0.1) is 26.5 Å². The number of nitrogens with two attached hydrogens (primary N) is 1. The Bertz CT molecular complexity index is 624. The highest BCUT2D eigenvalue weighted by molar-refractivity contribution is 5.92. The second-order valence-electron chi connectivity index (χ2n) is 4.19. The summed E-state index contributed by atoms with van der Waals surface area (Å²) in [4.78, 5) is 11.4. The van der Waals surface area contributed by atoms with E-state index in [1.165, 1.54) is 11.8 Å². The zero-order chi connectivity index (χ0) is 15.2. The Hall–Kier alpha value is -2.70. The number of para-hydroxylation sites is 2. The highest BCUT2D eigenvalue weighted by Gasteiger charge is 2.15. The summed E-state index contributed by atoms with van der Waals surface area (Å²) in [6.45, 7) is 0.807. The van der Waals surface area contributed by atoms with Crippen molar-refractivity contribution in [3.8, 4) is 11.5 Å². The number of rotatable bonds is 6. The first-order chi connectivity index (χ1) is 10.2. The van der Waals surface area contributed by atoms with Gasteiger partial charge in [0.2, 0.25) is 0 Å². The number of hydrogen-bond acceptors (Lipinski definition) is 6. The molecule has 0 aliphatic heterocycles. The Balaban J connectivity index is 1.96. The van der Waals surface area contributed by atoms with E-state index in [-0.39, 0.29) is 11.4 Å². The molecule has 112 valence electrons. The van der Waals surface area contributed by atoms with Crippen LogP contribution in [0.3, 0.4) is 0 Å². The Morgan fingerprint density at radius 1 is 1.29 bits per heavy atom. The lowest BCUT2D eigenvalue weighted by atomic mass is 10.3. The molecule has 0 unspecified atom stereocenters. The normalized spacial score (nSPS) is 10.2. The molecular weight excluding hydrogens is 274 g/mol. The van der Waals surface area contributed by atoms with Crippen LogP contribution in [0, 0.1) is 0 Å². The van der Waals surface area contributed by atoms with Crippen molar-refractivity contribution in [1.82, 2.24) is 9.78 Å². The van der Waals surface area contributed by atoms with E-state index in [0.29, 0.717) is 24.7 Å². The summed E-state index contributed by atoms with van der Waals surface area (Å²) < 4.78 is 16.9.